The lowest BCUT2D eigenvalue weighted by Gasteiger charge is -2.21. The molecule has 0 saturated carbocycles. The first-order valence-electron chi connectivity index (χ1n) is 6.00. The number of urea groups is 1. The number of imide groups is 1. The average molecular weight is 275 g/mol. The molecule has 6 heteroatoms. The molecule has 3 amide bonds. The summed E-state index contributed by atoms with van der Waals surface area (Å²) in [6.45, 7) is 1.00. The Morgan fingerprint density at radius 1 is 1.30 bits per heavy atom. The van der Waals surface area contributed by atoms with Crippen LogP contribution in [0, 0.1) is 0 Å². The standard InChI is InChI=1S/C14H15N2O4/c1-2-16(20)14(19)15(10-11-17)13(18)9-8-12-6-4-3-5-7-12/h3-9,20H,2,10H2,1H3. The van der Waals surface area contributed by atoms with E-state index in [0.29, 0.717) is 9.96 Å². The second kappa shape index (κ2) is 7.85. The Bertz CT molecular complexity index is 499. The predicted octanol–water partition coefficient (Wildman–Crippen LogP) is 1.47. The van der Waals surface area contributed by atoms with Crippen molar-refractivity contribution >= 4 is 24.3 Å². The van der Waals surface area contributed by atoms with Crippen LogP contribution in [0.4, 0.5) is 4.79 Å². The molecule has 1 radical (unpaired) electrons. The highest BCUT2D eigenvalue weighted by Crippen LogP contribution is 2.03. The van der Waals surface area contributed by atoms with Crippen LogP contribution in [0.1, 0.15) is 12.5 Å². The van der Waals surface area contributed by atoms with Crippen molar-refractivity contribution in [3.8, 4) is 0 Å². The molecule has 0 atom stereocenters. The van der Waals surface area contributed by atoms with E-state index in [-0.39, 0.29) is 6.54 Å². The van der Waals surface area contributed by atoms with Gasteiger partial charge in [-0.1, -0.05) is 30.3 Å². The summed E-state index contributed by atoms with van der Waals surface area (Å²) in [6.07, 6.45) is 4.15. The maximum atomic E-state index is 11.9. The second-order valence-electron chi connectivity index (χ2n) is 3.81. The lowest BCUT2D eigenvalue weighted by atomic mass is 10.2. The monoisotopic (exact) mass is 275 g/mol. The van der Waals surface area contributed by atoms with Crippen molar-refractivity contribution < 1.29 is 19.6 Å². The number of carbonyl (C=O) groups is 2. The first-order chi connectivity index (χ1) is 9.60. The molecule has 0 unspecified atom stereocenters. The molecule has 1 aromatic rings. The topological polar surface area (TPSA) is 77.9 Å². The van der Waals surface area contributed by atoms with Gasteiger partial charge in [0.05, 0.1) is 6.54 Å². The minimum Gasteiger partial charge on any atom is -0.289 e. The van der Waals surface area contributed by atoms with Gasteiger partial charge in [-0.15, -0.1) is 0 Å². The third kappa shape index (κ3) is 4.33. The minimum atomic E-state index is -0.960. The van der Waals surface area contributed by atoms with Gasteiger partial charge in [0.2, 0.25) is 6.29 Å². The van der Waals surface area contributed by atoms with E-state index in [4.69, 9.17) is 0 Å². The van der Waals surface area contributed by atoms with Gasteiger partial charge < -0.3 is 0 Å². The van der Waals surface area contributed by atoms with Crippen molar-refractivity contribution in [1.29, 1.82) is 0 Å². The molecule has 0 aliphatic heterocycles. The normalized spacial score (nSPS) is 10.3. The third-order valence-corrected chi connectivity index (χ3v) is 2.46. The summed E-state index contributed by atoms with van der Waals surface area (Å²) in [5, 5.41) is 9.65. The van der Waals surface area contributed by atoms with Gasteiger partial charge in [-0.05, 0) is 18.6 Å². The maximum Gasteiger partial charge on any atom is 0.351 e. The van der Waals surface area contributed by atoms with E-state index in [9.17, 15) is 19.6 Å². The molecule has 1 N–H and O–H groups in total. The summed E-state index contributed by atoms with van der Waals surface area (Å²) in [4.78, 5) is 34.6. The van der Waals surface area contributed by atoms with Gasteiger partial charge in [0.25, 0.3) is 5.91 Å². The molecule has 1 rings (SSSR count). The number of amides is 3. The molecule has 1 aromatic carbocycles. The summed E-state index contributed by atoms with van der Waals surface area (Å²) in [7, 11) is 0. The average Bonchev–Trinajstić information content (AvgIpc) is 2.49. The largest absolute Gasteiger partial charge is 0.351 e. The molecule has 105 valence electrons. The first kappa shape index (κ1) is 15.6. The predicted molar refractivity (Wildman–Crippen MR) is 72.4 cm³/mol. The summed E-state index contributed by atoms with van der Waals surface area (Å²) >= 11 is 0. The zero-order chi connectivity index (χ0) is 15.0. The Morgan fingerprint density at radius 2 is 1.95 bits per heavy atom. The highest BCUT2D eigenvalue weighted by molar-refractivity contribution is 6.03. The van der Waals surface area contributed by atoms with Crippen molar-refractivity contribution in [2.24, 2.45) is 0 Å². The van der Waals surface area contributed by atoms with E-state index in [0.717, 1.165) is 11.6 Å². The van der Waals surface area contributed by atoms with Crippen molar-refractivity contribution in [3.63, 3.8) is 0 Å². The van der Waals surface area contributed by atoms with Gasteiger partial charge in [0.1, 0.15) is 0 Å². The number of carbonyl (C=O) groups excluding carboxylic acids is 3. The molecule has 6 nitrogen and oxygen atoms in total. The van der Waals surface area contributed by atoms with Gasteiger partial charge in [-0.3, -0.25) is 19.7 Å². The fraction of sp³-hybridized carbons (Fsp3) is 0.214. The summed E-state index contributed by atoms with van der Waals surface area (Å²) in [5.74, 6) is -0.699. The highest BCUT2D eigenvalue weighted by atomic mass is 16.5. The molecule has 0 spiro atoms. The first-order valence-corrected chi connectivity index (χ1v) is 6.00. The van der Waals surface area contributed by atoms with Crippen molar-refractivity contribution in [2.75, 3.05) is 13.1 Å². The van der Waals surface area contributed by atoms with Crippen LogP contribution in [0.25, 0.3) is 6.08 Å². The van der Waals surface area contributed by atoms with Crippen LogP contribution in [-0.4, -0.2) is 46.5 Å². The van der Waals surface area contributed by atoms with Crippen molar-refractivity contribution in [1.82, 2.24) is 9.96 Å². The molecule has 0 aliphatic rings. The van der Waals surface area contributed by atoms with Crippen molar-refractivity contribution in [3.05, 3.63) is 42.0 Å². The summed E-state index contributed by atoms with van der Waals surface area (Å²) in [5.41, 5.74) is 0.777. The van der Waals surface area contributed by atoms with Crippen LogP contribution in [-0.2, 0) is 9.59 Å². The molecule has 0 aromatic heterocycles. The molecule has 0 bridgehead atoms. The third-order valence-electron chi connectivity index (χ3n) is 2.46. The van der Waals surface area contributed by atoms with Crippen LogP contribution in [0.2, 0.25) is 0 Å². The van der Waals surface area contributed by atoms with Crippen LogP contribution in [0.5, 0.6) is 0 Å². The van der Waals surface area contributed by atoms with Crippen LogP contribution >= 0.6 is 0 Å². The smallest absolute Gasteiger partial charge is 0.289 e. The molecular weight excluding hydrogens is 260 g/mol. The lowest BCUT2D eigenvalue weighted by molar-refractivity contribution is -0.126. The molecule has 0 fully saturated rings. The minimum absolute atomic E-state index is 0.00384. The van der Waals surface area contributed by atoms with E-state index < -0.39 is 18.5 Å². The quantitative estimate of drug-likeness (QED) is 0.501. The Kier molecular flexibility index (Phi) is 6.12. The van der Waals surface area contributed by atoms with E-state index in [1.807, 2.05) is 6.07 Å². The Labute approximate surface area is 116 Å². The van der Waals surface area contributed by atoms with Crippen LogP contribution in [0.3, 0.4) is 0 Å². The molecule has 20 heavy (non-hydrogen) atoms. The van der Waals surface area contributed by atoms with Gasteiger partial charge in [-0.2, -0.15) is 0 Å². The Morgan fingerprint density at radius 3 is 2.50 bits per heavy atom. The zero-order valence-electron chi connectivity index (χ0n) is 11.0. The number of rotatable bonds is 5. The fourth-order valence-electron chi connectivity index (χ4n) is 1.40. The van der Waals surface area contributed by atoms with Gasteiger partial charge in [0, 0.05) is 12.6 Å². The molecule has 0 heterocycles. The highest BCUT2D eigenvalue weighted by Gasteiger charge is 2.23. The number of hydrogen-bond donors (Lipinski definition) is 1. The summed E-state index contributed by atoms with van der Waals surface area (Å²) < 4.78 is 0. The van der Waals surface area contributed by atoms with Crippen LogP contribution in [0.15, 0.2) is 36.4 Å². The molecular formula is C14H15N2O4. The van der Waals surface area contributed by atoms with E-state index >= 15 is 0 Å². The van der Waals surface area contributed by atoms with Crippen LogP contribution < -0.4 is 0 Å². The van der Waals surface area contributed by atoms with E-state index in [1.165, 1.54) is 19.3 Å². The SMILES string of the molecule is CCN(O)C(=O)N(C[C]=O)C(=O)C=Cc1ccccc1. The van der Waals surface area contributed by atoms with Crippen molar-refractivity contribution in [2.45, 2.75) is 6.92 Å². The lowest BCUT2D eigenvalue weighted by Crippen LogP contribution is -2.45. The Balaban J connectivity index is 2.81. The summed E-state index contributed by atoms with van der Waals surface area (Å²) in [6, 6.07) is 8.05. The fourth-order valence-corrected chi connectivity index (χ4v) is 1.40. The molecule has 0 aliphatic carbocycles. The van der Waals surface area contributed by atoms with E-state index in [2.05, 4.69) is 0 Å². The number of hydrogen-bond acceptors (Lipinski definition) is 4. The van der Waals surface area contributed by atoms with E-state index in [1.54, 1.807) is 24.3 Å². The van der Waals surface area contributed by atoms with Gasteiger partial charge in [0.15, 0.2) is 0 Å². The van der Waals surface area contributed by atoms with Gasteiger partial charge >= 0.3 is 6.03 Å². The number of benzene rings is 1. The molecule has 0 saturated heterocycles. The zero-order valence-corrected chi connectivity index (χ0v) is 11.0. The second-order valence-corrected chi connectivity index (χ2v) is 3.81. The number of nitrogens with zero attached hydrogens (tertiary/aromatic N) is 2. The number of hydroxylamine groups is 2. The van der Waals surface area contributed by atoms with Gasteiger partial charge in [-0.25, -0.2) is 9.86 Å². The Hall–Kier alpha value is -2.47. The maximum absolute atomic E-state index is 11.9.